The summed E-state index contributed by atoms with van der Waals surface area (Å²) in [5.74, 6) is 1.08. The lowest BCUT2D eigenvalue weighted by molar-refractivity contribution is 0.103. The number of ether oxygens (including phenoxy) is 1. The highest BCUT2D eigenvalue weighted by Gasteiger charge is 2.21. The number of hydrogen-bond donors (Lipinski definition) is 0. The normalized spacial score (nSPS) is 14.6. The van der Waals surface area contributed by atoms with Crippen LogP contribution in [-0.4, -0.2) is 21.0 Å². The van der Waals surface area contributed by atoms with Gasteiger partial charge in [-0.05, 0) is 79.8 Å². The monoisotopic (exact) mass is 496 g/mol. The Morgan fingerprint density at radius 3 is 2.64 bits per heavy atom. The van der Waals surface area contributed by atoms with Crippen molar-refractivity contribution in [2.75, 3.05) is 0 Å². The fraction of sp³-hybridized carbons (Fsp3) is 0.323. The first kappa shape index (κ1) is 23.1. The van der Waals surface area contributed by atoms with Gasteiger partial charge in [0.15, 0.2) is 0 Å². The third-order valence-corrected chi connectivity index (χ3v) is 8.55. The van der Waals surface area contributed by atoms with Crippen LogP contribution in [0.15, 0.2) is 72.2 Å². The predicted octanol–water partition coefficient (Wildman–Crippen LogP) is 7.77. The molecule has 0 amide bonds. The molecule has 0 unspecified atom stereocenters. The fourth-order valence-electron chi connectivity index (χ4n) is 5.58. The van der Waals surface area contributed by atoms with Crippen LogP contribution in [-0.2, 0) is 20.0 Å². The second-order valence-corrected chi connectivity index (χ2v) is 10.9. The Morgan fingerprint density at radius 1 is 1.03 bits per heavy atom. The van der Waals surface area contributed by atoms with E-state index in [1.807, 2.05) is 23.7 Å². The molecule has 1 fully saturated rings. The maximum absolute atomic E-state index is 13.6. The summed E-state index contributed by atoms with van der Waals surface area (Å²) in [7, 11) is 1.98. The van der Waals surface area contributed by atoms with E-state index in [4.69, 9.17) is 4.74 Å². The van der Waals surface area contributed by atoms with E-state index in [-0.39, 0.29) is 5.78 Å². The maximum Gasteiger partial charge on any atom is 0.211 e. The van der Waals surface area contributed by atoms with Gasteiger partial charge in [-0.25, -0.2) is 0 Å². The number of aromatic nitrogens is 2. The van der Waals surface area contributed by atoms with E-state index in [0.717, 1.165) is 57.5 Å². The van der Waals surface area contributed by atoms with E-state index in [2.05, 4.69) is 64.7 Å². The van der Waals surface area contributed by atoms with E-state index in [1.54, 1.807) is 11.3 Å². The van der Waals surface area contributed by atoms with Gasteiger partial charge in [0.05, 0.1) is 11.8 Å². The van der Waals surface area contributed by atoms with Crippen molar-refractivity contribution >= 4 is 38.2 Å². The number of fused-ring (bicyclic) bond motifs is 2. The third-order valence-electron chi connectivity index (χ3n) is 7.54. The Hall–Kier alpha value is -3.31. The second kappa shape index (κ2) is 9.98. The molecule has 0 radical (unpaired) electrons. The molecule has 184 valence electrons. The van der Waals surface area contributed by atoms with Gasteiger partial charge in [-0.3, -0.25) is 4.79 Å². The molecule has 3 aromatic heterocycles. The van der Waals surface area contributed by atoms with Crippen LogP contribution in [0, 0.1) is 0 Å². The van der Waals surface area contributed by atoms with Crippen molar-refractivity contribution in [1.82, 2.24) is 9.13 Å². The molecular weight excluding hydrogens is 464 g/mol. The van der Waals surface area contributed by atoms with Gasteiger partial charge in [0.2, 0.25) is 5.78 Å². The Bertz CT molecular complexity index is 1500. The predicted molar refractivity (Wildman–Crippen MR) is 148 cm³/mol. The minimum absolute atomic E-state index is 0.0874. The SMILES string of the molecule is Cn1c(C(=O)c2cn(CCCc3ccc(OC4CCCCC4)cc3)c3ccccc23)cc2ccsc21. The van der Waals surface area contributed by atoms with Crippen molar-refractivity contribution in [3.63, 3.8) is 0 Å². The van der Waals surface area contributed by atoms with E-state index in [1.165, 1.54) is 37.7 Å². The number of ketones is 1. The van der Waals surface area contributed by atoms with E-state index in [0.29, 0.717) is 6.10 Å². The molecule has 36 heavy (non-hydrogen) atoms. The first-order valence-corrected chi connectivity index (χ1v) is 14.0. The van der Waals surface area contributed by atoms with Crippen LogP contribution in [0.25, 0.3) is 21.1 Å². The zero-order chi connectivity index (χ0) is 24.5. The van der Waals surface area contributed by atoms with Crippen molar-refractivity contribution in [3.8, 4) is 5.75 Å². The summed E-state index contributed by atoms with van der Waals surface area (Å²) in [5.41, 5.74) is 3.97. The number of nitrogens with zero attached hydrogens (tertiary/aromatic N) is 2. The standard InChI is InChI=1S/C31H32N2O2S/c1-32-29(20-23-17-19-36-31(23)32)30(34)27-21-33(28-12-6-5-11-26(27)28)18-7-8-22-13-15-25(16-14-22)35-24-9-3-2-4-10-24/h5-6,11-17,19-21,24H,2-4,7-10,18H2,1H3. The van der Waals surface area contributed by atoms with Crippen molar-refractivity contribution in [2.45, 2.75) is 57.6 Å². The highest BCUT2D eigenvalue weighted by Crippen LogP contribution is 2.29. The molecule has 0 spiro atoms. The molecule has 1 aliphatic rings. The summed E-state index contributed by atoms with van der Waals surface area (Å²) in [4.78, 5) is 14.7. The maximum atomic E-state index is 13.6. The number of carbonyl (C=O) groups is 1. The quantitative estimate of drug-likeness (QED) is 0.206. The number of hydrogen-bond acceptors (Lipinski definition) is 3. The van der Waals surface area contributed by atoms with Gasteiger partial charge >= 0.3 is 0 Å². The molecule has 1 saturated carbocycles. The van der Waals surface area contributed by atoms with Crippen molar-refractivity contribution in [3.05, 3.63) is 89.1 Å². The minimum Gasteiger partial charge on any atom is -0.490 e. The highest BCUT2D eigenvalue weighted by molar-refractivity contribution is 7.16. The van der Waals surface area contributed by atoms with E-state index in [9.17, 15) is 4.79 Å². The zero-order valence-corrected chi connectivity index (χ0v) is 21.6. The van der Waals surface area contributed by atoms with Gasteiger partial charge in [-0.15, -0.1) is 11.3 Å². The first-order chi connectivity index (χ1) is 17.7. The summed E-state index contributed by atoms with van der Waals surface area (Å²) in [6.07, 6.45) is 10.7. The van der Waals surface area contributed by atoms with Crippen LogP contribution in [0.3, 0.4) is 0 Å². The molecule has 2 aromatic carbocycles. The van der Waals surface area contributed by atoms with Gasteiger partial charge < -0.3 is 13.9 Å². The largest absolute Gasteiger partial charge is 0.490 e. The van der Waals surface area contributed by atoms with Crippen LogP contribution >= 0.6 is 11.3 Å². The van der Waals surface area contributed by atoms with Crippen LogP contribution < -0.4 is 4.74 Å². The Morgan fingerprint density at radius 2 is 1.83 bits per heavy atom. The summed E-state index contributed by atoms with van der Waals surface area (Å²) >= 11 is 1.67. The molecule has 5 aromatic rings. The van der Waals surface area contributed by atoms with Gasteiger partial charge in [0.25, 0.3) is 0 Å². The fourth-order valence-corrected chi connectivity index (χ4v) is 6.44. The molecule has 0 aliphatic heterocycles. The van der Waals surface area contributed by atoms with Gasteiger partial charge in [0, 0.05) is 41.6 Å². The summed E-state index contributed by atoms with van der Waals surface area (Å²) < 4.78 is 10.4. The molecule has 0 N–H and O–H groups in total. The first-order valence-electron chi connectivity index (χ1n) is 13.1. The van der Waals surface area contributed by atoms with Crippen molar-refractivity contribution in [2.24, 2.45) is 7.05 Å². The second-order valence-electron chi connectivity index (χ2n) is 9.98. The number of rotatable bonds is 8. The molecular formula is C31H32N2O2S. The molecule has 1 aliphatic carbocycles. The number of benzene rings is 2. The van der Waals surface area contributed by atoms with E-state index < -0.39 is 0 Å². The summed E-state index contributed by atoms with van der Waals surface area (Å²) in [5, 5.41) is 4.23. The lowest BCUT2D eigenvalue weighted by Gasteiger charge is -2.23. The van der Waals surface area contributed by atoms with Gasteiger partial charge in [0.1, 0.15) is 10.6 Å². The third kappa shape index (κ3) is 4.48. The minimum atomic E-state index is 0.0874. The van der Waals surface area contributed by atoms with Crippen molar-refractivity contribution < 1.29 is 9.53 Å². The number of carbonyl (C=O) groups excluding carboxylic acids is 1. The van der Waals surface area contributed by atoms with Gasteiger partial charge in [-0.2, -0.15) is 0 Å². The molecule has 4 nitrogen and oxygen atoms in total. The topological polar surface area (TPSA) is 36.2 Å². The average molecular weight is 497 g/mol. The van der Waals surface area contributed by atoms with Crippen LogP contribution in [0.4, 0.5) is 0 Å². The van der Waals surface area contributed by atoms with Crippen LogP contribution in [0.5, 0.6) is 5.75 Å². The summed E-state index contributed by atoms with van der Waals surface area (Å²) in [6, 6.07) is 21.0. The average Bonchev–Trinajstić information content (AvgIpc) is 3.61. The molecule has 6 rings (SSSR count). The Balaban J connectivity index is 1.15. The van der Waals surface area contributed by atoms with E-state index >= 15 is 0 Å². The number of para-hydroxylation sites is 1. The van der Waals surface area contributed by atoms with Gasteiger partial charge in [-0.1, -0.05) is 36.8 Å². The van der Waals surface area contributed by atoms with Crippen LogP contribution in [0.1, 0.15) is 60.1 Å². The lowest BCUT2D eigenvalue weighted by Crippen LogP contribution is -2.19. The molecule has 5 heteroatoms. The molecule has 0 saturated heterocycles. The number of aryl methyl sites for hydroxylation is 3. The highest BCUT2D eigenvalue weighted by atomic mass is 32.1. The van der Waals surface area contributed by atoms with Crippen LogP contribution in [0.2, 0.25) is 0 Å². The number of thiophene rings is 1. The summed E-state index contributed by atoms with van der Waals surface area (Å²) in [6.45, 7) is 0.871. The molecule has 3 heterocycles. The lowest BCUT2D eigenvalue weighted by atomic mass is 9.98. The van der Waals surface area contributed by atoms with Crippen molar-refractivity contribution in [1.29, 1.82) is 0 Å². The molecule has 0 bridgehead atoms. The molecule has 0 atom stereocenters. The Kier molecular flexibility index (Phi) is 6.41. The Labute approximate surface area is 216 Å². The smallest absolute Gasteiger partial charge is 0.211 e. The zero-order valence-electron chi connectivity index (χ0n) is 20.8.